The molecule has 1 aliphatic carbocycles. The van der Waals surface area contributed by atoms with Crippen molar-refractivity contribution >= 4 is 5.91 Å². The number of nitrogens with two attached hydrogens (primary N) is 1. The van der Waals surface area contributed by atoms with Gasteiger partial charge in [-0.1, -0.05) is 51.2 Å². The molecule has 1 fully saturated rings. The molecule has 1 saturated carbocycles. The Balaban J connectivity index is 2.17. The zero-order valence-electron chi connectivity index (χ0n) is 16.4. The molecule has 1 heterocycles. The van der Waals surface area contributed by atoms with Crippen molar-refractivity contribution in [3.05, 3.63) is 46.8 Å². The summed E-state index contributed by atoms with van der Waals surface area (Å²) in [6.07, 6.45) is 9.57. The zero-order chi connectivity index (χ0) is 19.4. The van der Waals surface area contributed by atoms with E-state index in [1.807, 2.05) is 31.2 Å². The summed E-state index contributed by atoms with van der Waals surface area (Å²) in [5, 5.41) is 9.08. The van der Waals surface area contributed by atoms with Gasteiger partial charge < -0.3 is 10.3 Å². The Labute approximate surface area is 162 Å². The molecule has 0 unspecified atom stereocenters. The van der Waals surface area contributed by atoms with Crippen molar-refractivity contribution in [2.75, 3.05) is 0 Å². The molecular weight excluding hydrogens is 334 g/mol. The van der Waals surface area contributed by atoms with Gasteiger partial charge in [0.15, 0.2) is 0 Å². The van der Waals surface area contributed by atoms with E-state index in [0.717, 1.165) is 36.1 Å². The predicted molar refractivity (Wildman–Crippen MR) is 109 cm³/mol. The third-order valence-corrected chi connectivity index (χ3v) is 5.88. The fourth-order valence-corrected chi connectivity index (χ4v) is 4.63. The molecule has 1 aromatic carbocycles. The summed E-state index contributed by atoms with van der Waals surface area (Å²) in [7, 11) is 0. The smallest absolute Gasteiger partial charge is 0.251 e. The average molecular weight is 364 g/mol. The van der Waals surface area contributed by atoms with Crippen LogP contribution in [0.15, 0.2) is 24.3 Å². The molecule has 1 aromatic heterocycles. The normalized spacial score (nSPS) is 15.7. The SMILES string of the molecule is CCc1c(-c2ccc(C#N)cc2)c(C(N)=O)c(C)n1C1CCCCCCC1. The highest BCUT2D eigenvalue weighted by Gasteiger charge is 2.27. The van der Waals surface area contributed by atoms with Crippen molar-refractivity contribution in [2.24, 2.45) is 5.73 Å². The third kappa shape index (κ3) is 3.78. The Morgan fingerprint density at radius 2 is 1.74 bits per heavy atom. The van der Waals surface area contributed by atoms with Crippen molar-refractivity contribution in [3.8, 4) is 17.2 Å². The van der Waals surface area contributed by atoms with Crippen LogP contribution in [0.3, 0.4) is 0 Å². The predicted octanol–water partition coefficient (Wildman–Crippen LogP) is 5.28. The molecular formula is C23H29N3O. The Kier molecular flexibility index (Phi) is 6.01. The van der Waals surface area contributed by atoms with Gasteiger partial charge in [0, 0.05) is 23.0 Å². The molecule has 0 atom stereocenters. The molecule has 0 radical (unpaired) electrons. The summed E-state index contributed by atoms with van der Waals surface area (Å²) in [6, 6.07) is 10.1. The van der Waals surface area contributed by atoms with Crippen LogP contribution in [0.1, 0.15) is 85.2 Å². The number of primary amides is 1. The first kappa shape index (κ1) is 19.2. The molecule has 0 saturated heterocycles. The van der Waals surface area contributed by atoms with E-state index >= 15 is 0 Å². The molecule has 0 aliphatic heterocycles. The molecule has 3 rings (SSSR count). The van der Waals surface area contributed by atoms with Gasteiger partial charge in [-0.2, -0.15) is 5.26 Å². The first-order valence-electron chi connectivity index (χ1n) is 10.1. The van der Waals surface area contributed by atoms with Crippen LogP contribution >= 0.6 is 0 Å². The lowest BCUT2D eigenvalue weighted by molar-refractivity contribution is 0.1000. The van der Waals surface area contributed by atoms with Crippen LogP contribution in [0.25, 0.3) is 11.1 Å². The molecule has 27 heavy (non-hydrogen) atoms. The monoisotopic (exact) mass is 363 g/mol. The highest BCUT2D eigenvalue weighted by Crippen LogP contribution is 2.38. The lowest BCUT2D eigenvalue weighted by atomic mass is 9.95. The number of rotatable bonds is 4. The molecule has 142 valence electrons. The van der Waals surface area contributed by atoms with E-state index in [1.165, 1.54) is 37.8 Å². The molecule has 1 aliphatic rings. The minimum absolute atomic E-state index is 0.369. The number of nitrogens with zero attached hydrogens (tertiary/aromatic N) is 2. The van der Waals surface area contributed by atoms with Crippen LogP contribution in [0.2, 0.25) is 0 Å². The first-order valence-corrected chi connectivity index (χ1v) is 10.1. The van der Waals surface area contributed by atoms with Gasteiger partial charge in [-0.3, -0.25) is 4.79 Å². The maximum atomic E-state index is 12.4. The second-order valence-corrected chi connectivity index (χ2v) is 7.56. The molecule has 1 amide bonds. The minimum Gasteiger partial charge on any atom is -0.366 e. The van der Waals surface area contributed by atoms with E-state index in [1.54, 1.807) is 0 Å². The largest absolute Gasteiger partial charge is 0.366 e. The highest BCUT2D eigenvalue weighted by molar-refractivity contribution is 6.02. The second-order valence-electron chi connectivity index (χ2n) is 7.56. The number of carbonyl (C=O) groups excluding carboxylic acids is 1. The van der Waals surface area contributed by atoms with Gasteiger partial charge in [0.1, 0.15) is 0 Å². The quantitative estimate of drug-likeness (QED) is 0.802. The maximum absolute atomic E-state index is 12.4. The van der Waals surface area contributed by atoms with E-state index in [2.05, 4.69) is 17.6 Å². The molecule has 4 heteroatoms. The molecule has 2 N–H and O–H groups in total. The fraction of sp³-hybridized carbons (Fsp3) is 0.478. The number of nitriles is 1. The summed E-state index contributed by atoms with van der Waals surface area (Å²) in [5.41, 5.74) is 11.2. The zero-order valence-corrected chi connectivity index (χ0v) is 16.4. The summed E-state index contributed by atoms with van der Waals surface area (Å²) < 4.78 is 2.40. The number of hydrogen-bond acceptors (Lipinski definition) is 2. The lowest BCUT2D eigenvalue weighted by Crippen LogP contribution is -2.17. The standard InChI is InChI=1S/C23H29N3O/c1-3-20-22(18-13-11-17(15-24)12-14-18)21(23(25)27)16(2)26(20)19-9-7-5-4-6-8-10-19/h11-14,19H,3-10H2,1-2H3,(H2,25,27). The number of amides is 1. The van der Waals surface area contributed by atoms with Gasteiger partial charge in [0.25, 0.3) is 5.91 Å². The average Bonchev–Trinajstić information content (AvgIpc) is 2.94. The second kappa shape index (κ2) is 8.43. The Morgan fingerprint density at radius 1 is 1.15 bits per heavy atom. The lowest BCUT2D eigenvalue weighted by Gasteiger charge is -2.25. The van der Waals surface area contributed by atoms with Gasteiger partial charge in [0.05, 0.1) is 17.2 Å². The topological polar surface area (TPSA) is 71.8 Å². The molecule has 0 bridgehead atoms. The van der Waals surface area contributed by atoms with Crippen LogP contribution in [-0.2, 0) is 6.42 Å². The van der Waals surface area contributed by atoms with Crippen molar-refractivity contribution in [1.82, 2.24) is 4.57 Å². The Morgan fingerprint density at radius 3 is 2.26 bits per heavy atom. The molecule has 2 aromatic rings. The van der Waals surface area contributed by atoms with Gasteiger partial charge in [0.2, 0.25) is 0 Å². The van der Waals surface area contributed by atoms with Gasteiger partial charge in [-0.15, -0.1) is 0 Å². The van der Waals surface area contributed by atoms with Crippen molar-refractivity contribution < 1.29 is 4.79 Å². The van der Waals surface area contributed by atoms with Crippen molar-refractivity contribution in [1.29, 1.82) is 5.26 Å². The molecule has 0 spiro atoms. The van der Waals surface area contributed by atoms with E-state index < -0.39 is 0 Å². The van der Waals surface area contributed by atoms with Crippen LogP contribution in [0.4, 0.5) is 0 Å². The maximum Gasteiger partial charge on any atom is 0.251 e. The third-order valence-electron chi connectivity index (χ3n) is 5.88. The Hall–Kier alpha value is -2.54. The fourth-order valence-electron chi connectivity index (χ4n) is 4.63. The summed E-state index contributed by atoms with van der Waals surface area (Å²) in [4.78, 5) is 12.4. The van der Waals surface area contributed by atoms with E-state index in [4.69, 9.17) is 11.0 Å². The van der Waals surface area contributed by atoms with Gasteiger partial charge in [-0.25, -0.2) is 0 Å². The minimum atomic E-state index is -0.369. The van der Waals surface area contributed by atoms with Gasteiger partial charge >= 0.3 is 0 Å². The van der Waals surface area contributed by atoms with Crippen LogP contribution in [0.5, 0.6) is 0 Å². The van der Waals surface area contributed by atoms with Crippen LogP contribution in [-0.4, -0.2) is 10.5 Å². The Bertz CT molecular complexity index is 847. The van der Waals surface area contributed by atoms with Gasteiger partial charge in [-0.05, 0) is 43.9 Å². The van der Waals surface area contributed by atoms with Crippen molar-refractivity contribution in [2.45, 2.75) is 71.3 Å². The van der Waals surface area contributed by atoms with Crippen LogP contribution < -0.4 is 5.73 Å². The summed E-state index contributed by atoms with van der Waals surface area (Å²) in [5.74, 6) is -0.369. The number of aromatic nitrogens is 1. The highest BCUT2D eigenvalue weighted by atomic mass is 16.1. The van der Waals surface area contributed by atoms with Crippen molar-refractivity contribution in [3.63, 3.8) is 0 Å². The molecule has 4 nitrogen and oxygen atoms in total. The first-order chi connectivity index (χ1) is 13.1. The summed E-state index contributed by atoms with van der Waals surface area (Å²) in [6.45, 7) is 4.18. The van der Waals surface area contributed by atoms with E-state index in [0.29, 0.717) is 17.2 Å². The summed E-state index contributed by atoms with van der Waals surface area (Å²) >= 11 is 0. The van der Waals surface area contributed by atoms with E-state index in [9.17, 15) is 4.79 Å². The number of benzene rings is 1. The van der Waals surface area contributed by atoms with E-state index in [-0.39, 0.29) is 5.91 Å². The number of carbonyl (C=O) groups is 1. The van der Waals surface area contributed by atoms with Crippen LogP contribution in [0, 0.1) is 18.3 Å². The number of hydrogen-bond donors (Lipinski definition) is 1.